The second-order valence-electron chi connectivity index (χ2n) is 10.1. The van der Waals surface area contributed by atoms with Crippen molar-refractivity contribution in [2.45, 2.75) is 46.5 Å². The number of carbonyl (C=O) groups excluding carboxylic acids is 3. The largest absolute Gasteiger partial charge is 0.465 e. The van der Waals surface area contributed by atoms with E-state index in [-0.39, 0.29) is 30.7 Å². The van der Waals surface area contributed by atoms with Gasteiger partial charge in [-0.2, -0.15) is 0 Å². The lowest BCUT2D eigenvalue weighted by atomic mass is 9.98. The number of carbonyl (C=O) groups is 3. The number of fused-ring (bicyclic) bond motifs is 1. The monoisotopic (exact) mass is 572 g/mol. The minimum absolute atomic E-state index is 0.194. The van der Waals surface area contributed by atoms with Crippen LogP contribution in [0.5, 0.6) is 5.75 Å². The predicted octanol–water partition coefficient (Wildman–Crippen LogP) is 6.29. The lowest BCUT2D eigenvalue weighted by molar-refractivity contribution is -0.146. The summed E-state index contributed by atoms with van der Waals surface area (Å²) < 4.78 is 21.6. The second-order valence-corrected chi connectivity index (χ2v) is 10.1. The van der Waals surface area contributed by atoms with Crippen molar-refractivity contribution in [2.24, 2.45) is 5.92 Å². The SMILES string of the molecule is C=CC(C)C(=O)OCCCc1cc(CCCOC(=O)C(=C)C)c2oc(=O)c(-c3ccc(OC(=O)C(=C)C)cc3)cc2c1. The maximum atomic E-state index is 13.1. The molecule has 42 heavy (non-hydrogen) atoms. The van der Waals surface area contributed by atoms with E-state index in [9.17, 15) is 19.2 Å². The normalized spacial score (nSPS) is 11.4. The molecule has 1 atom stereocenters. The fourth-order valence-corrected chi connectivity index (χ4v) is 4.03. The highest BCUT2D eigenvalue weighted by Gasteiger charge is 2.15. The van der Waals surface area contributed by atoms with Gasteiger partial charge in [0.15, 0.2) is 0 Å². The fraction of sp³-hybridized carbons (Fsp3) is 0.294. The van der Waals surface area contributed by atoms with E-state index < -0.39 is 17.6 Å². The summed E-state index contributed by atoms with van der Waals surface area (Å²) >= 11 is 0. The molecule has 3 aromatic rings. The van der Waals surface area contributed by atoms with Gasteiger partial charge in [-0.1, -0.05) is 37.4 Å². The highest BCUT2D eigenvalue weighted by Crippen LogP contribution is 2.28. The van der Waals surface area contributed by atoms with Gasteiger partial charge in [0.25, 0.3) is 0 Å². The van der Waals surface area contributed by atoms with E-state index >= 15 is 0 Å². The molecule has 0 aliphatic heterocycles. The van der Waals surface area contributed by atoms with Crippen molar-refractivity contribution in [1.82, 2.24) is 0 Å². The number of ether oxygens (including phenoxy) is 3. The Balaban J connectivity index is 1.88. The Hall–Kier alpha value is -4.72. The number of esters is 3. The van der Waals surface area contributed by atoms with Crippen molar-refractivity contribution in [3.05, 3.63) is 101 Å². The van der Waals surface area contributed by atoms with E-state index in [1.165, 1.54) is 0 Å². The first-order valence-electron chi connectivity index (χ1n) is 13.7. The van der Waals surface area contributed by atoms with Crippen molar-refractivity contribution in [1.29, 1.82) is 0 Å². The third-order valence-corrected chi connectivity index (χ3v) is 6.44. The average Bonchev–Trinajstić information content (AvgIpc) is 2.96. The van der Waals surface area contributed by atoms with E-state index in [2.05, 4.69) is 19.7 Å². The summed E-state index contributed by atoms with van der Waals surface area (Å²) in [7, 11) is 0. The summed E-state index contributed by atoms with van der Waals surface area (Å²) in [5.41, 5.74) is 3.28. The lowest BCUT2D eigenvalue weighted by Gasteiger charge is -2.12. The van der Waals surface area contributed by atoms with Gasteiger partial charge in [0.2, 0.25) is 0 Å². The van der Waals surface area contributed by atoms with Crippen molar-refractivity contribution < 1.29 is 33.0 Å². The summed E-state index contributed by atoms with van der Waals surface area (Å²) in [5, 5.41) is 0.728. The maximum Gasteiger partial charge on any atom is 0.344 e. The molecule has 2 aromatic carbocycles. The van der Waals surface area contributed by atoms with Crippen LogP contribution in [0.15, 0.2) is 88.6 Å². The number of benzene rings is 2. The van der Waals surface area contributed by atoms with Gasteiger partial charge in [-0.05, 0) is 87.4 Å². The van der Waals surface area contributed by atoms with Crippen molar-refractivity contribution >= 4 is 28.9 Å². The Bertz CT molecular complexity index is 1560. The van der Waals surface area contributed by atoms with Crippen LogP contribution in [0, 0.1) is 5.92 Å². The number of aryl methyl sites for hydroxylation is 2. The lowest BCUT2D eigenvalue weighted by Crippen LogP contribution is -2.13. The summed E-state index contributed by atoms with van der Waals surface area (Å²) in [4.78, 5) is 48.6. The zero-order valence-corrected chi connectivity index (χ0v) is 24.3. The van der Waals surface area contributed by atoms with Gasteiger partial charge in [0.05, 0.1) is 24.7 Å². The maximum absolute atomic E-state index is 13.1. The van der Waals surface area contributed by atoms with E-state index in [0.29, 0.717) is 53.7 Å². The van der Waals surface area contributed by atoms with Crippen LogP contribution in [-0.2, 0) is 36.7 Å². The summed E-state index contributed by atoms with van der Waals surface area (Å²) in [6.07, 6.45) is 3.79. The average molecular weight is 573 g/mol. The number of rotatable bonds is 14. The molecule has 8 nitrogen and oxygen atoms in total. The fourth-order valence-electron chi connectivity index (χ4n) is 4.03. The molecule has 0 aliphatic carbocycles. The Labute approximate surface area is 245 Å². The summed E-state index contributed by atoms with van der Waals surface area (Å²) in [6, 6.07) is 12.2. The molecule has 8 heteroatoms. The third-order valence-electron chi connectivity index (χ3n) is 6.44. The van der Waals surface area contributed by atoms with Crippen molar-refractivity contribution in [2.75, 3.05) is 13.2 Å². The van der Waals surface area contributed by atoms with E-state index in [1.807, 2.05) is 12.1 Å². The van der Waals surface area contributed by atoms with Crippen LogP contribution in [0.4, 0.5) is 0 Å². The van der Waals surface area contributed by atoms with E-state index in [0.717, 1.165) is 16.5 Å². The molecule has 0 bridgehead atoms. The van der Waals surface area contributed by atoms with Gasteiger partial charge in [-0.25, -0.2) is 14.4 Å². The van der Waals surface area contributed by atoms with Gasteiger partial charge in [0.1, 0.15) is 11.3 Å². The van der Waals surface area contributed by atoms with Crippen LogP contribution in [0.3, 0.4) is 0 Å². The quantitative estimate of drug-likeness (QED) is 0.0554. The van der Waals surface area contributed by atoms with Gasteiger partial charge in [-0.15, -0.1) is 6.58 Å². The Morgan fingerprint density at radius 3 is 2.19 bits per heavy atom. The summed E-state index contributed by atoms with van der Waals surface area (Å²) in [6.45, 7) is 16.1. The van der Waals surface area contributed by atoms with E-state index in [4.69, 9.17) is 18.6 Å². The van der Waals surface area contributed by atoms with Crippen molar-refractivity contribution in [3.63, 3.8) is 0 Å². The van der Waals surface area contributed by atoms with Crippen molar-refractivity contribution in [3.8, 4) is 16.9 Å². The molecule has 0 fully saturated rings. The number of hydrogen-bond donors (Lipinski definition) is 0. The van der Waals surface area contributed by atoms with Crippen LogP contribution in [-0.4, -0.2) is 31.1 Å². The van der Waals surface area contributed by atoms with Gasteiger partial charge in [0, 0.05) is 16.5 Å². The molecule has 1 aromatic heterocycles. The molecule has 0 saturated heterocycles. The molecule has 0 amide bonds. The zero-order chi connectivity index (χ0) is 30.8. The molecular weight excluding hydrogens is 536 g/mol. The molecule has 3 rings (SSSR count). The molecule has 1 heterocycles. The minimum atomic E-state index is -0.535. The Kier molecular flexibility index (Phi) is 11.2. The minimum Gasteiger partial charge on any atom is -0.465 e. The zero-order valence-electron chi connectivity index (χ0n) is 24.3. The Morgan fingerprint density at radius 1 is 0.905 bits per heavy atom. The molecule has 220 valence electrons. The molecule has 0 spiro atoms. The standard InChI is InChI=1S/C34H36O8/c1-7-23(6)33(37)40-16-8-10-24-18-26(11-9-17-39-31(35)21(2)3)30-27(19-24)20-29(34(38)42-30)25-12-14-28(15-13-25)41-32(36)22(4)5/h7,12-15,18-20,23H,1-2,4,8-11,16-17H2,3,5-6H3. The molecule has 0 aliphatic rings. The van der Waals surface area contributed by atoms with Crippen LogP contribution in [0.25, 0.3) is 22.1 Å². The van der Waals surface area contributed by atoms with Gasteiger partial charge >= 0.3 is 23.5 Å². The van der Waals surface area contributed by atoms with Crippen LogP contribution < -0.4 is 10.4 Å². The van der Waals surface area contributed by atoms with Crippen LogP contribution >= 0.6 is 0 Å². The first-order valence-corrected chi connectivity index (χ1v) is 13.7. The first kappa shape index (κ1) is 31.8. The first-order chi connectivity index (χ1) is 20.0. The van der Waals surface area contributed by atoms with Gasteiger partial charge < -0.3 is 18.6 Å². The van der Waals surface area contributed by atoms with Crippen LogP contribution in [0.2, 0.25) is 0 Å². The molecule has 1 unspecified atom stereocenters. The Morgan fingerprint density at radius 2 is 1.55 bits per heavy atom. The molecular formula is C34H36O8. The highest BCUT2D eigenvalue weighted by molar-refractivity contribution is 5.89. The van der Waals surface area contributed by atoms with Gasteiger partial charge in [-0.3, -0.25) is 4.79 Å². The second kappa shape index (κ2) is 14.8. The predicted molar refractivity (Wildman–Crippen MR) is 161 cm³/mol. The molecule has 0 saturated carbocycles. The summed E-state index contributed by atoms with van der Waals surface area (Å²) in [5.74, 6) is -1.35. The molecule has 0 radical (unpaired) electrons. The highest BCUT2D eigenvalue weighted by atomic mass is 16.5. The molecule has 0 N–H and O–H groups in total. The van der Waals surface area contributed by atoms with E-state index in [1.54, 1.807) is 57.2 Å². The van der Waals surface area contributed by atoms with Crippen LogP contribution in [0.1, 0.15) is 44.7 Å². The number of hydrogen-bond acceptors (Lipinski definition) is 8. The third kappa shape index (κ3) is 8.64. The topological polar surface area (TPSA) is 109 Å². The smallest absolute Gasteiger partial charge is 0.344 e.